The second kappa shape index (κ2) is 10.5. The van der Waals surface area contributed by atoms with Crippen molar-refractivity contribution in [1.82, 2.24) is 5.32 Å². The van der Waals surface area contributed by atoms with Gasteiger partial charge in [-0.1, -0.05) is 12.1 Å². The zero-order valence-corrected chi connectivity index (χ0v) is 18.3. The van der Waals surface area contributed by atoms with Gasteiger partial charge in [-0.3, -0.25) is 10.2 Å². The van der Waals surface area contributed by atoms with Gasteiger partial charge < -0.3 is 25.3 Å². The van der Waals surface area contributed by atoms with E-state index in [0.29, 0.717) is 23.3 Å². The number of carboxylic acids is 1. The summed E-state index contributed by atoms with van der Waals surface area (Å²) < 4.78 is 11.7. The monoisotopic (exact) mass is 465 g/mol. The van der Waals surface area contributed by atoms with Crippen molar-refractivity contribution in [3.05, 3.63) is 65.4 Å². The van der Waals surface area contributed by atoms with E-state index in [4.69, 9.17) is 20.3 Å². The number of aliphatic carboxylic acids is 1. The van der Waals surface area contributed by atoms with Crippen LogP contribution in [-0.4, -0.2) is 36.1 Å². The fraction of sp³-hybridized carbons (Fsp3) is 0.273. The zero-order chi connectivity index (χ0) is 20.4. The molecule has 0 aliphatic carbocycles. The summed E-state index contributed by atoms with van der Waals surface area (Å²) in [5.41, 5.74) is 7.57. The molecule has 1 aliphatic heterocycles. The summed E-state index contributed by atoms with van der Waals surface area (Å²) in [5, 5.41) is 21.3. The summed E-state index contributed by atoms with van der Waals surface area (Å²) in [6.07, 6.45) is 1.48. The SMILES string of the molecule is Cl.Cl.N=C(N)c1ccc2oc(C(Cc3ccc(O[C@H]4CCNC4)cc3)C(=O)O)cc2c1. The van der Waals surface area contributed by atoms with Gasteiger partial charge in [0, 0.05) is 17.5 Å². The van der Waals surface area contributed by atoms with Crippen LogP contribution in [-0.2, 0) is 11.2 Å². The van der Waals surface area contributed by atoms with Gasteiger partial charge in [-0.2, -0.15) is 0 Å². The van der Waals surface area contributed by atoms with E-state index in [-0.39, 0.29) is 36.8 Å². The van der Waals surface area contributed by atoms with Gasteiger partial charge in [0.25, 0.3) is 0 Å². The first kappa shape index (κ1) is 24.5. The molecule has 0 spiro atoms. The Hall–Kier alpha value is -2.74. The fourth-order valence-electron chi connectivity index (χ4n) is 3.57. The van der Waals surface area contributed by atoms with Gasteiger partial charge >= 0.3 is 5.97 Å². The Kier molecular flexibility index (Phi) is 8.33. The molecule has 1 saturated heterocycles. The third-order valence-corrected chi connectivity index (χ3v) is 5.17. The summed E-state index contributed by atoms with van der Waals surface area (Å²) in [6.45, 7) is 1.81. The largest absolute Gasteiger partial charge is 0.489 e. The number of hydrogen-bond donors (Lipinski definition) is 4. The number of amidine groups is 1. The molecule has 7 nitrogen and oxygen atoms in total. The molecule has 3 aromatic rings. The number of carbonyl (C=O) groups is 1. The van der Waals surface area contributed by atoms with E-state index in [1.54, 1.807) is 24.3 Å². The number of nitrogen functional groups attached to an aromatic ring is 1. The van der Waals surface area contributed by atoms with Crippen LogP contribution in [0.1, 0.15) is 29.2 Å². The molecule has 1 fully saturated rings. The molecule has 5 N–H and O–H groups in total. The van der Waals surface area contributed by atoms with E-state index < -0.39 is 11.9 Å². The molecule has 9 heteroatoms. The zero-order valence-electron chi connectivity index (χ0n) is 16.7. The molecule has 1 aromatic heterocycles. The molecule has 0 amide bonds. The number of halogens is 2. The Morgan fingerprint density at radius 3 is 2.58 bits per heavy atom. The fourth-order valence-corrected chi connectivity index (χ4v) is 3.57. The molecule has 1 aliphatic rings. The normalized spacial score (nSPS) is 16.2. The molecular weight excluding hydrogens is 441 g/mol. The number of rotatable bonds is 7. The number of carboxylic acid groups (broad SMARTS) is 1. The minimum atomic E-state index is -0.951. The lowest BCUT2D eigenvalue weighted by Gasteiger charge is -2.14. The van der Waals surface area contributed by atoms with Crippen LogP contribution in [0.5, 0.6) is 5.75 Å². The average Bonchev–Trinajstić information content (AvgIpc) is 3.35. The van der Waals surface area contributed by atoms with Gasteiger partial charge in [0.1, 0.15) is 35.0 Å². The minimum Gasteiger partial charge on any atom is -0.489 e. The predicted octanol–water partition coefficient (Wildman–Crippen LogP) is 3.71. The summed E-state index contributed by atoms with van der Waals surface area (Å²) in [6, 6.07) is 14.4. The number of ether oxygens (including phenoxy) is 1. The average molecular weight is 466 g/mol. The quantitative estimate of drug-likeness (QED) is 0.311. The molecule has 4 rings (SSSR count). The first-order valence-electron chi connectivity index (χ1n) is 9.56. The highest BCUT2D eigenvalue weighted by Gasteiger charge is 2.25. The third kappa shape index (κ3) is 5.70. The van der Waals surface area contributed by atoms with Crippen molar-refractivity contribution in [2.75, 3.05) is 13.1 Å². The number of benzene rings is 2. The number of fused-ring (bicyclic) bond motifs is 1. The van der Waals surface area contributed by atoms with E-state index >= 15 is 0 Å². The lowest BCUT2D eigenvalue weighted by molar-refractivity contribution is -0.139. The summed E-state index contributed by atoms with van der Waals surface area (Å²) in [5.74, 6) is -0.636. The van der Waals surface area contributed by atoms with Crippen LogP contribution >= 0.6 is 24.8 Å². The first-order chi connectivity index (χ1) is 14.0. The molecule has 0 saturated carbocycles. The van der Waals surface area contributed by atoms with Crippen LogP contribution < -0.4 is 15.8 Å². The first-order valence-corrected chi connectivity index (χ1v) is 9.56. The van der Waals surface area contributed by atoms with Crippen LogP contribution in [0, 0.1) is 5.41 Å². The number of nitrogens with two attached hydrogens (primary N) is 1. The summed E-state index contributed by atoms with van der Waals surface area (Å²) in [4.78, 5) is 11.9. The van der Waals surface area contributed by atoms with E-state index in [2.05, 4.69) is 5.32 Å². The minimum absolute atomic E-state index is 0. The lowest BCUT2D eigenvalue weighted by Crippen LogP contribution is -2.19. The van der Waals surface area contributed by atoms with Gasteiger partial charge in [-0.25, -0.2) is 0 Å². The van der Waals surface area contributed by atoms with Crippen LogP contribution in [0.15, 0.2) is 52.9 Å². The van der Waals surface area contributed by atoms with Crippen LogP contribution in [0.3, 0.4) is 0 Å². The number of nitrogens with one attached hydrogen (secondary N) is 2. The highest BCUT2D eigenvalue weighted by atomic mass is 35.5. The molecule has 0 bridgehead atoms. The lowest BCUT2D eigenvalue weighted by atomic mass is 9.96. The maximum Gasteiger partial charge on any atom is 0.314 e. The number of hydrogen-bond acceptors (Lipinski definition) is 5. The van der Waals surface area contributed by atoms with Crippen molar-refractivity contribution >= 4 is 47.6 Å². The van der Waals surface area contributed by atoms with E-state index in [9.17, 15) is 9.90 Å². The maximum absolute atomic E-state index is 11.9. The summed E-state index contributed by atoms with van der Waals surface area (Å²) >= 11 is 0. The third-order valence-electron chi connectivity index (χ3n) is 5.17. The van der Waals surface area contributed by atoms with Crippen molar-refractivity contribution in [2.24, 2.45) is 5.73 Å². The topological polar surface area (TPSA) is 122 Å². The van der Waals surface area contributed by atoms with Gasteiger partial charge in [-0.05, 0) is 61.3 Å². The highest BCUT2D eigenvalue weighted by molar-refractivity contribution is 5.98. The Labute approximate surface area is 192 Å². The van der Waals surface area contributed by atoms with Crippen LogP contribution in [0.25, 0.3) is 11.0 Å². The molecule has 166 valence electrons. The van der Waals surface area contributed by atoms with Gasteiger partial charge in [-0.15, -0.1) is 24.8 Å². The Morgan fingerprint density at radius 2 is 1.97 bits per heavy atom. The Bertz CT molecular complexity index is 1050. The van der Waals surface area contributed by atoms with Crippen molar-refractivity contribution in [3.8, 4) is 5.75 Å². The van der Waals surface area contributed by atoms with Gasteiger partial charge in [0.2, 0.25) is 0 Å². The number of furan rings is 1. The Balaban J connectivity index is 0.00000171. The second-order valence-electron chi connectivity index (χ2n) is 7.29. The molecule has 2 aromatic carbocycles. The molecule has 2 heterocycles. The Morgan fingerprint density at radius 1 is 1.23 bits per heavy atom. The molecular formula is C22H25Cl2N3O4. The highest BCUT2D eigenvalue weighted by Crippen LogP contribution is 2.29. The van der Waals surface area contributed by atoms with Crippen molar-refractivity contribution in [2.45, 2.75) is 24.9 Å². The van der Waals surface area contributed by atoms with Crippen molar-refractivity contribution in [3.63, 3.8) is 0 Å². The van der Waals surface area contributed by atoms with E-state index in [1.807, 2.05) is 24.3 Å². The van der Waals surface area contributed by atoms with Crippen LogP contribution in [0.4, 0.5) is 0 Å². The van der Waals surface area contributed by atoms with E-state index in [1.165, 1.54) is 0 Å². The standard InChI is InChI=1S/C22H23N3O4.2ClH/c23-21(24)14-3-6-19-15(10-14)11-20(29-19)18(22(26)27)9-13-1-4-16(5-2-13)28-17-7-8-25-12-17;;/h1-6,10-11,17-18,25H,7-9,12H2,(H3,23,24)(H,26,27);2*1H/t17-,18?;;/m0../s1. The molecule has 2 atom stereocenters. The predicted molar refractivity (Wildman–Crippen MR) is 124 cm³/mol. The maximum atomic E-state index is 11.9. The second-order valence-corrected chi connectivity index (χ2v) is 7.29. The molecule has 31 heavy (non-hydrogen) atoms. The van der Waals surface area contributed by atoms with Gasteiger partial charge in [0.15, 0.2) is 0 Å². The van der Waals surface area contributed by atoms with Crippen LogP contribution in [0.2, 0.25) is 0 Å². The van der Waals surface area contributed by atoms with Gasteiger partial charge in [0.05, 0.1) is 0 Å². The van der Waals surface area contributed by atoms with Crippen molar-refractivity contribution in [1.29, 1.82) is 5.41 Å². The van der Waals surface area contributed by atoms with E-state index in [0.717, 1.165) is 36.2 Å². The summed E-state index contributed by atoms with van der Waals surface area (Å²) in [7, 11) is 0. The molecule has 1 unspecified atom stereocenters. The van der Waals surface area contributed by atoms with Crippen molar-refractivity contribution < 1.29 is 19.1 Å². The molecule has 0 radical (unpaired) electrons. The smallest absolute Gasteiger partial charge is 0.314 e.